The highest BCUT2D eigenvalue weighted by molar-refractivity contribution is 7.46. The smallest absolute Gasteiger partial charge is 0.455 e. The molecule has 0 unspecified atom stereocenters. The maximum Gasteiger partial charge on any atom is 0.469 e. The molecule has 1 aromatic heterocycles. The zero-order chi connectivity index (χ0) is 26.7. The fourth-order valence-corrected chi connectivity index (χ4v) is 5.16. The maximum atomic E-state index is 12.6. The summed E-state index contributed by atoms with van der Waals surface area (Å²) in [5.41, 5.74) is 0.0172. The van der Waals surface area contributed by atoms with Crippen LogP contribution in [0.5, 0.6) is 6.01 Å². The van der Waals surface area contributed by atoms with Crippen LogP contribution in [-0.2, 0) is 23.4 Å². The topological polar surface area (TPSA) is 153 Å². The van der Waals surface area contributed by atoms with Gasteiger partial charge in [0.2, 0.25) is 0 Å². The molecule has 4 atom stereocenters. The van der Waals surface area contributed by atoms with E-state index in [4.69, 9.17) is 29.4 Å². The van der Waals surface area contributed by atoms with Gasteiger partial charge in [-0.05, 0) is 12.5 Å². The van der Waals surface area contributed by atoms with Gasteiger partial charge < -0.3 is 24.0 Å². The standard InChI is InChI=1S/C25H42N3O8P/c1-2-3-4-5-6-7-8-9-10-11-12-13-14-15-21(29)35-22-19(18-33-37(30,31)32)34-24-23(22)36-25-27-20(26)16-17-28(24)25/h16-17,19,22-24,26H,2-15,18H2,1H3,(H2,30,31,32)/t19-,22-,23-,24-/m1/s1. The van der Waals surface area contributed by atoms with Crippen molar-refractivity contribution < 1.29 is 37.9 Å². The largest absolute Gasteiger partial charge is 0.469 e. The molecule has 1 fully saturated rings. The van der Waals surface area contributed by atoms with Gasteiger partial charge in [-0.2, -0.15) is 4.98 Å². The number of hydrogen-bond acceptors (Lipinski definition) is 8. The van der Waals surface area contributed by atoms with E-state index in [0.29, 0.717) is 6.42 Å². The van der Waals surface area contributed by atoms with Crippen LogP contribution >= 0.6 is 7.82 Å². The first kappa shape index (κ1) is 29.8. The third-order valence-electron chi connectivity index (χ3n) is 6.79. The van der Waals surface area contributed by atoms with Crippen molar-refractivity contribution >= 4 is 13.8 Å². The van der Waals surface area contributed by atoms with Gasteiger partial charge >= 0.3 is 19.8 Å². The minimum absolute atomic E-state index is 0.0172. The fourth-order valence-electron chi connectivity index (χ4n) is 4.82. The number of esters is 1. The number of carbonyl (C=O) groups excluding carboxylic acids is 1. The number of aromatic nitrogens is 2. The van der Waals surface area contributed by atoms with Crippen LogP contribution < -0.4 is 10.2 Å². The number of carbonyl (C=O) groups is 1. The highest BCUT2D eigenvalue weighted by Gasteiger charge is 2.54. The van der Waals surface area contributed by atoms with Crippen LogP contribution in [0.3, 0.4) is 0 Å². The number of unbranched alkanes of at least 4 members (excludes halogenated alkanes) is 12. The van der Waals surface area contributed by atoms with E-state index in [1.165, 1.54) is 70.3 Å². The van der Waals surface area contributed by atoms with Crippen LogP contribution in [0.2, 0.25) is 0 Å². The minimum atomic E-state index is -4.73. The molecule has 0 aromatic carbocycles. The molecule has 2 aliphatic rings. The van der Waals surface area contributed by atoms with Crippen molar-refractivity contribution in [2.75, 3.05) is 6.61 Å². The summed E-state index contributed by atoms with van der Waals surface area (Å²) in [4.78, 5) is 34.8. The molecule has 37 heavy (non-hydrogen) atoms. The van der Waals surface area contributed by atoms with Gasteiger partial charge in [0, 0.05) is 12.6 Å². The Bertz CT molecular complexity index is 952. The van der Waals surface area contributed by atoms with Crippen molar-refractivity contribution in [3.63, 3.8) is 0 Å². The Morgan fingerprint density at radius 2 is 1.65 bits per heavy atom. The zero-order valence-electron chi connectivity index (χ0n) is 21.8. The van der Waals surface area contributed by atoms with Crippen molar-refractivity contribution in [2.45, 2.75) is 121 Å². The van der Waals surface area contributed by atoms with Crippen LogP contribution in [0.4, 0.5) is 0 Å². The summed E-state index contributed by atoms with van der Waals surface area (Å²) in [6.07, 6.45) is 14.2. The van der Waals surface area contributed by atoms with Crippen molar-refractivity contribution in [1.82, 2.24) is 9.55 Å². The normalized spacial score (nSPS) is 22.5. The second kappa shape index (κ2) is 15.0. The zero-order valence-corrected chi connectivity index (χ0v) is 22.7. The second-order valence-electron chi connectivity index (χ2n) is 9.88. The third kappa shape index (κ3) is 9.80. The second-order valence-corrected chi connectivity index (χ2v) is 11.1. The predicted molar refractivity (Wildman–Crippen MR) is 135 cm³/mol. The molecule has 0 radical (unpaired) electrons. The molecule has 2 aliphatic heterocycles. The number of fused-ring (bicyclic) bond motifs is 3. The highest BCUT2D eigenvalue weighted by atomic mass is 31.2. The third-order valence-corrected chi connectivity index (χ3v) is 7.28. The lowest BCUT2D eigenvalue weighted by Gasteiger charge is -2.22. The fraction of sp³-hybridized carbons (Fsp3) is 0.800. The van der Waals surface area contributed by atoms with Gasteiger partial charge in [0.05, 0.1) is 6.61 Å². The van der Waals surface area contributed by atoms with Crippen molar-refractivity contribution in [3.8, 4) is 6.01 Å². The Labute approximate surface area is 218 Å². The molecule has 0 bridgehead atoms. The minimum Gasteiger partial charge on any atom is -0.455 e. The van der Waals surface area contributed by atoms with Crippen molar-refractivity contribution in [3.05, 3.63) is 17.8 Å². The Kier molecular flexibility index (Phi) is 12.0. The van der Waals surface area contributed by atoms with E-state index >= 15 is 0 Å². The first-order chi connectivity index (χ1) is 17.8. The molecule has 1 aromatic rings. The summed E-state index contributed by atoms with van der Waals surface area (Å²) in [6.45, 7) is 1.78. The Morgan fingerprint density at radius 1 is 1.05 bits per heavy atom. The Morgan fingerprint density at radius 3 is 2.24 bits per heavy atom. The summed E-state index contributed by atoms with van der Waals surface area (Å²) >= 11 is 0. The van der Waals surface area contributed by atoms with E-state index < -0.39 is 44.9 Å². The average Bonchev–Trinajstić information content (AvgIpc) is 3.35. The van der Waals surface area contributed by atoms with Gasteiger partial charge in [-0.15, -0.1) is 0 Å². The number of ether oxygens (including phenoxy) is 3. The molecule has 12 heteroatoms. The number of phosphoric ester groups is 1. The summed E-state index contributed by atoms with van der Waals surface area (Å²) in [5, 5.41) is 7.67. The maximum absolute atomic E-state index is 12.6. The van der Waals surface area contributed by atoms with Gasteiger partial charge in [-0.3, -0.25) is 19.3 Å². The molecular formula is C25H42N3O8P. The lowest BCUT2D eigenvalue weighted by molar-refractivity contribution is -0.156. The van der Waals surface area contributed by atoms with E-state index in [9.17, 15) is 9.36 Å². The molecule has 210 valence electrons. The summed E-state index contributed by atoms with van der Waals surface area (Å²) < 4.78 is 34.7. The van der Waals surface area contributed by atoms with E-state index in [1.807, 2.05) is 0 Å². The van der Waals surface area contributed by atoms with Crippen molar-refractivity contribution in [2.24, 2.45) is 0 Å². The van der Waals surface area contributed by atoms with Crippen LogP contribution in [0.1, 0.15) is 103 Å². The van der Waals surface area contributed by atoms with Crippen LogP contribution in [0, 0.1) is 5.41 Å². The molecule has 0 aliphatic carbocycles. The first-order valence-electron chi connectivity index (χ1n) is 13.6. The molecule has 3 rings (SSSR count). The van der Waals surface area contributed by atoms with Gasteiger partial charge in [0.25, 0.3) is 0 Å². The molecule has 0 amide bonds. The van der Waals surface area contributed by atoms with Crippen molar-refractivity contribution in [1.29, 1.82) is 5.41 Å². The molecule has 1 saturated heterocycles. The molecule has 11 nitrogen and oxygen atoms in total. The SMILES string of the molecule is CCCCCCCCCCCCCCCC(=O)O[C@H]1[C@H]2Oc3nc(=N)ccn3[C@@H]2O[C@@H]1COP(=O)(O)O. The van der Waals surface area contributed by atoms with Gasteiger partial charge in [-0.25, -0.2) is 4.57 Å². The molecule has 3 heterocycles. The van der Waals surface area contributed by atoms with Crippen LogP contribution in [0.15, 0.2) is 12.3 Å². The van der Waals surface area contributed by atoms with Gasteiger partial charge in [0.1, 0.15) is 6.10 Å². The number of nitrogens with zero attached hydrogens (tertiary/aromatic N) is 2. The lowest BCUT2D eigenvalue weighted by atomic mass is 10.0. The van der Waals surface area contributed by atoms with E-state index in [1.54, 1.807) is 10.8 Å². The summed E-state index contributed by atoms with van der Waals surface area (Å²) in [5.74, 6) is -0.419. The Balaban J connectivity index is 1.36. The monoisotopic (exact) mass is 543 g/mol. The molecule has 0 saturated carbocycles. The van der Waals surface area contributed by atoms with Gasteiger partial charge in [0.15, 0.2) is 23.9 Å². The van der Waals surface area contributed by atoms with Crippen LogP contribution in [-0.4, -0.2) is 50.2 Å². The van der Waals surface area contributed by atoms with E-state index in [2.05, 4.69) is 16.4 Å². The molecule has 0 spiro atoms. The predicted octanol–water partition coefficient (Wildman–Crippen LogP) is 4.52. The molecular weight excluding hydrogens is 501 g/mol. The number of nitrogens with one attached hydrogen (secondary N) is 1. The highest BCUT2D eigenvalue weighted by Crippen LogP contribution is 2.43. The van der Waals surface area contributed by atoms with Crippen LogP contribution in [0.25, 0.3) is 0 Å². The van der Waals surface area contributed by atoms with Gasteiger partial charge in [-0.1, -0.05) is 84.0 Å². The Hall–Kier alpha value is -1.78. The molecule has 3 N–H and O–H groups in total. The van der Waals surface area contributed by atoms with E-state index in [-0.39, 0.29) is 17.9 Å². The number of phosphoric acid groups is 1. The van der Waals surface area contributed by atoms with E-state index in [0.717, 1.165) is 12.8 Å². The quantitative estimate of drug-likeness (QED) is 0.138. The lowest BCUT2D eigenvalue weighted by Crippen LogP contribution is -2.39. The first-order valence-corrected chi connectivity index (χ1v) is 15.2. The number of hydrogen-bond donors (Lipinski definition) is 3. The average molecular weight is 544 g/mol. The number of rotatable bonds is 18. The summed E-state index contributed by atoms with van der Waals surface area (Å²) in [6, 6.07) is 1.63. The summed E-state index contributed by atoms with van der Waals surface area (Å²) in [7, 11) is -4.73.